The lowest BCUT2D eigenvalue weighted by molar-refractivity contribution is -0.256. The maximum absolute atomic E-state index is 10.2. The van der Waals surface area contributed by atoms with Gasteiger partial charge in [0.2, 0.25) is 0 Å². The summed E-state index contributed by atoms with van der Waals surface area (Å²) >= 11 is 0. The monoisotopic (exact) mass is 284 g/mol. The van der Waals surface area contributed by atoms with Crippen LogP contribution in [0.15, 0.2) is 24.3 Å². The number of carboxylic acid groups (broad SMARTS) is 2. The minimum atomic E-state index is -1.33. The summed E-state index contributed by atoms with van der Waals surface area (Å²) in [7, 11) is 0. The Kier molecular flexibility index (Phi) is 9.24. The molecular weight excluding hydrogens is 268 g/mol. The van der Waals surface area contributed by atoms with Crippen LogP contribution in [0, 0.1) is 0 Å². The third-order valence-electron chi connectivity index (χ3n) is 1.36. The number of guanidine groups is 2. The van der Waals surface area contributed by atoms with Gasteiger partial charge < -0.3 is 19.8 Å². The third kappa shape index (κ3) is 12.8. The lowest BCUT2D eigenvalue weighted by Gasteiger charge is -2.04. The van der Waals surface area contributed by atoms with Crippen LogP contribution in [-0.4, -0.2) is 23.9 Å². The van der Waals surface area contributed by atoms with E-state index in [1.165, 1.54) is 0 Å². The highest BCUT2D eigenvalue weighted by Gasteiger charge is 1.94. The third-order valence-corrected chi connectivity index (χ3v) is 1.36. The molecule has 0 heterocycles. The first-order valence-corrected chi connectivity index (χ1v) is 4.87. The molecule has 10 heteroatoms. The van der Waals surface area contributed by atoms with E-state index in [1.807, 2.05) is 0 Å². The molecule has 1 rings (SSSR count). The molecule has 10 nitrogen and oxygen atoms in total. The van der Waals surface area contributed by atoms with Crippen molar-refractivity contribution in [2.45, 2.75) is 0 Å². The smallest absolute Gasteiger partial charge is 0.336 e. The van der Waals surface area contributed by atoms with Crippen molar-refractivity contribution >= 4 is 23.9 Å². The van der Waals surface area contributed by atoms with E-state index < -0.39 is 11.9 Å². The molecule has 0 saturated heterocycles. The average molecular weight is 284 g/mol. The number of carbonyl (C=O) groups excluding carboxylic acids is 2. The number of nitrogens with two attached hydrogens (primary N) is 6. The summed E-state index contributed by atoms with van der Waals surface area (Å²) in [6.07, 6.45) is 0. The predicted octanol–water partition coefficient (Wildman–Crippen LogP) is -7.55. The highest BCUT2D eigenvalue weighted by molar-refractivity contribution is 5.89. The zero-order valence-electron chi connectivity index (χ0n) is 10.4. The van der Waals surface area contributed by atoms with Crippen LogP contribution in [0.25, 0.3) is 0 Å². The fraction of sp³-hybridized carbons (Fsp3) is 0. The van der Waals surface area contributed by atoms with Crippen molar-refractivity contribution in [3.8, 4) is 0 Å². The molecule has 0 radical (unpaired) electrons. The molecule has 0 aliphatic heterocycles. The Hall–Kier alpha value is -3.30. The van der Waals surface area contributed by atoms with Crippen molar-refractivity contribution in [2.24, 2.45) is 22.9 Å². The van der Waals surface area contributed by atoms with Gasteiger partial charge in [-0.25, -0.2) is 0 Å². The van der Waals surface area contributed by atoms with Crippen LogP contribution in [0.4, 0.5) is 0 Å². The molecule has 20 heavy (non-hydrogen) atoms. The van der Waals surface area contributed by atoms with Gasteiger partial charge in [0.25, 0.3) is 0 Å². The topological polar surface area (TPSA) is 236 Å². The van der Waals surface area contributed by atoms with Crippen molar-refractivity contribution in [3.63, 3.8) is 0 Å². The van der Waals surface area contributed by atoms with Gasteiger partial charge >= 0.3 is 11.9 Å². The highest BCUT2D eigenvalue weighted by Crippen LogP contribution is 2.01. The molecule has 1 aromatic rings. The molecule has 1 aromatic carbocycles. The fourth-order valence-corrected chi connectivity index (χ4v) is 0.742. The molecule has 12 N–H and O–H groups in total. The van der Waals surface area contributed by atoms with Gasteiger partial charge in [-0.05, 0) is 11.1 Å². The van der Waals surface area contributed by atoms with Gasteiger partial charge in [-0.3, -0.25) is 33.8 Å². The number of hydrogen-bond donors (Lipinski definition) is 6. The SMILES string of the molecule is NC(N)=[NH2+].NC(N)=[NH2+].O=C([O-])c1ccc(C(=O)[O-])cc1. The molecular formula is C10H16N6O4. The van der Waals surface area contributed by atoms with E-state index in [2.05, 4.69) is 33.8 Å². The van der Waals surface area contributed by atoms with Crippen molar-refractivity contribution in [3.05, 3.63) is 35.4 Å². The van der Waals surface area contributed by atoms with Crippen molar-refractivity contribution < 1.29 is 30.6 Å². The van der Waals surface area contributed by atoms with Crippen LogP contribution in [0.1, 0.15) is 20.7 Å². The summed E-state index contributed by atoms with van der Waals surface area (Å²) in [5, 5.41) is 29.6. The molecule has 0 fully saturated rings. The van der Waals surface area contributed by atoms with Gasteiger partial charge in [0.15, 0.2) is 0 Å². The second kappa shape index (κ2) is 9.70. The summed E-state index contributed by atoms with van der Waals surface area (Å²) in [6.45, 7) is 0. The Morgan fingerprint density at radius 1 is 0.750 bits per heavy atom. The molecule has 0 bridgehead atoms. The van der Waals surface area contributed by atoms with Gasteiger partial charge in [-0.2, -0.15) is 0 Å². The molecule has 0 aromatic heterocycles. The van der Waals surface area contributed by atoms with Crippen LogP contribution in [0.2, 0.25) is 0 Å². The Balaban J connectivity index is 0. The van der Waals surface area contributed by atoms with E-state index in [9.17, 15) is 19.8 Å². The molecule has 0 spiro atoms. The number of carbonyl (C=O) groups is 2. The Morgan fingerprint density at radius 3 is 1.00 bits per heavy atom. The van der Waals surface area contributed by atoms with Crippen LogP contribution in [0.5, 0.6) is 0 Å². The molecule has 0 atom stereocenters. The van der Waals surface area contributed by atoms with E-state index in [4.69, 9.17) is 0 Å². The summed E-state index contributed by atoms with van der Waals surface area (Å²) in [6, 6.07) is 4.61. The number of hydrogen-bond acceptors (Lipinski definition) is 4. The fourth-order valence-electron chi connectivity index (χ4n) is 0.742. The molecule has 0 amide bonds. The summed E-state index contributed by atoms with van der Waals surface area (Å²) in [5.74, 6) is -2.83. The second-order valence-corrected chi connectivity index (χ2v) is 3.15. The number of aromatic carboxylic acids is 2. The quantitative estimate of drug-likeness (QED) is 0.224. The normalized spacial score (nSPS) is 8.00. The Bertz CT molecular complexity index is 432. The van der Waals surface area contributed by atoms with Gasteiger partial charge in [0, 0.05) is 0 Å². The average Bonchev–Trinajstić information content (AvgIpc) is 2.27. The second-order valence-electron chi connectivity index (χ2n) is 3.15. The zero-order valence-corrected chi connectivity index (χ0v) is 10.4. The van der Waals surface area contributed by atoms with E-state index in [0.29, 0.717) is 0 Å². The van der Waals surface area contributed by atoms with Crippen molar-refractivity contribution in [1.29, 1.82) is 0 Å². The first-order valence-electron chi connectivity index (χ1n) is 4.87. The number of carboxylic acids is 2. The van der Waals surface area contributed by atoms with Crippen molar-refractivity contribution in [1.82, 2.24) is 0 Å². The highest BCUT2D eigenvalue weighted by atomic mass is 16.4. The lowest BCUT2D eigenvalue weighted by Crippen LogP contribution is -2.51. The standard InChI is InChI=1S/C8H6O4.2CH5N3/c9-7(10)5-1-2-6(4-3-5)8(11)12;2*2-1(3)4/h1-4H,(H,9,10)(H,11,12);2*(H5,2,3,4). The van der Waals surface area contributed by atoms with Crippen LogP contribution < -0.4 is 44.0 Å². The first-order chi connectivity index (χ1) is 9.07. The Labute approximate surface area is 114 Å². The number of benzene rings is 1. The first kappa shape index (κ1) is 19.0. The van der Waals surface area contributed by atoms with Crippen LogP contribution >= 0.6 is 0 Å². The maximum Gasteiger partial charge on any atom is 0.336 e. The molecule has 110 valence electrons. The van der Waals surface area contributed by atoms with Gasteiger partial charge in [-0.1, -0.05) is 24.3 Å². The van der Waals surface area contributed by atoms with Gasteiger partial charge in [-0.15, -0.1) is 0 Å². The molecule has 0 saturated carbocycles. The summed E-state index contributed by atoms with van der Waals surface area (Å²) in [5.41, 5.74) is 18.2. The number of rotatable bonds is 2. The van der Waals surface area contributed by atoms with Crippen molar-refractivity contribution in [2.75, 3.05) is 0 Å². The Morgan fingerprint density at radius 2 is 0.900 bits per heavy atom. The van der Waals surface area contributed by atoms with E-state index >= 15 is 0 Å². The van der Waals surface area contributed by atoms with E-state index in [-0.39, 0.29) is 23.0 Å². The minimum absolute atomic E-state index is 0.0556. The lowest BCUT2D eigenvalue weighted by atomic mass is 10.1. The van der Waals surface area contributed by atoms with E-state index in [0.717, 1.165) is 24.3 Å². The molecule has 0 aliphatic rings. The van der Waals surface area contributed by atoms with Crippen LogP contribution in [-0.2, 0) is 0 Å². The minimum Gasteiger partial charge on any atom is -0.545 e. The van der Waals surface area contributed by atoms with E-state index in [1.54, 1.807) is 0 Å². The predicted molar refractivity (Wildman–Crippen MR) is 65.7 cm³/mol. The summed E-state index contributed by atoms with van der Waals surface area (Å²) < 4.78 is 0. The maximum atomic E-state index is 10.2. The van der Waals surface area contributed by atoms with Gasteiger partial charge in [0.05, 0.1) is 11.9 Å². The summed E-state index contributed by atoms with van der Waals surface area (Å²) in [4.78, 5) is 20.4. The molecule has 0 aliphatic carbocycles. The zero-order chi connectivity index (χ0) is 16.3. The largest absolute Gasteiger partial charge is 0.545 e. The van der Waals surface area contributed by atoms with Crippen LogP contribution in [0.3, 0.4) is 0 Å². The van der Waals surface area contributed by atoms with Gasteiger partial charge in [0.1, 0.15) is 0 Å². The molecule has 0 unspecified atom stereocenters.